The van der Waals surface area contributed by atoms with Crippen LogP contribution in [-0.2, 0) is 16.1 Å². The SMILES string of the molecule is CC1CC(C(=O)N(C)Cc2cccc(C#N)c2)CO1. The van der Waals surface area contributed by atoms with Crippen molar-refractivity contribution in [3.05, 3.63) is 35.4 Å². The molecule has 2 atom stereocenters. The minimum absolute atomic E-state index is 0.0286. The van der Waals surface area contributed by atoms with E-state index in [1.165, 1.54) is 0 Å². The molecule has 0 spiro atoms. The van der Waals surface area contributed by atoms with Crippen molar-refractivity contribution in [3.8, 4) is 6.07 Å². The minimum atomic E-state index is -0.0286. The second-order valence-electron chi connectivity index (χ2n) is 5.08. The topological polar surface area (TPSA) is 53.3 Å². The summed E-state index contributed by atoms with van der Waals surface area (Å²) in [5.74, 6) is 0.0888. The zero-order valence-electron chi connectivity index (χ0n) is 11.3. The molecule has 2 unspecified atom stereocenters. The average Bonchev–Trinajstić information content (AvgIpc) is 2.84. The van der Waals surface area contributed by atoms with E-state index in [1.807, 2.05) is 25.1 Å². The van der Waals surface area contributed by atoms with Gasteiger partial charge in [0, 0.05) is 13.6 Å². The Balaban J connectivity index is 1.98. The smallest absolute Gasteiger partial charge is 0.228 e. The molecule has 1 aromatic carbocycles. The van der Waals surface area contributed by atoms with Crippen LogP contribution in [0.1, 0.15) is 24.5 Å². The minimum Gasteiger partial charge on any atom is -0.378 e. The standard InChI is InChI=1S/C15H18N2O2/c1-11-6-14(10-19-11)15(18)17(2)9-13-5-3-4-12(7-13)8-16/h3-5,7,11,14H,6,9-10H2,1-2H3. The molecule has 0 N–H and O–H groups in total. The van der Waals surface area contributed by atoms with E-state index in [4.69, 9.17) is 10.00 Å². The zero-order valence-corrected chi connectivity index (χ0v) is 11.3. The van der Waals surface area contributed by atoms with E-state index in [0.717, 1.165) is 12.0 Å². The first kappa shape index (κ1) is 13.6. The Morgan fingerprint density at radius 1 is 1.58 bits per heavy atom. The van der Waals surface area contributed by atoms with Crippen molar-refractivity contribution in [1.29, 1.82) is 5.26 Å². The number of hydrogen-bond acceptors (Lipinski definition) is 3. The maximum atomic E-state index is 12.2. The summed E-state index contributed by atoms with van der Waals surface area (Å²) >= 11 is 0. The van der Waals surface area contributed by atoms with Crippen molar-refractivity contribution in [1.82, 2.24) is 4.90 Å². The number of ether oxygens (including phenoxy) is 1. The van der Waals surface area contributed by atoms with Crippen molar-refractivity contribution >= 4 is 5.91 Å². The molecule has 0 bridgehead atoms. The maximum absolute atomic E-state index is 12.2. The lowest BCUT2D eigenvalue weighted by Gasteiger charge is -2.20. The van der Waals surface area contributed by atoms with Gasteiger partial charge in [-0.25, -0.2) is 0 Å². The Morgan fingerprint density at radius 2 is 2.37 bits per heavy atom. The van der Waals surface area contributed by atoms with E-state index in [9.17, 15) is 4.79 Å². The Hall–Kier alpha value is -1.86. The van der Waals surface area contributed by atoms with Crippen molar-refractivity contribution in [2.24, 2.45) is 5.92 Å². The van der Waals surface area contributed by atoms with E-state index >= 15 is 0 Å². The third-order valence-corrected chi connectivity index (χ3v) is 3.40. The molecule has 4 nitrogen and oxygen atoms in total. The van der Waals surface area contributed by atoms with E-state index in [-0.39, 0.29) is 17.9 Å². The van der Waals surface area contributed by atoms with Gasteiger partial charge in [-0.1, -0.05) is 12.1 Å². The van der Waals surface area contributed by atoms with E-state index in [1.54, 1.807) is 18.0 Å². The van der Waals surface area contributed by atoms with E-state index in [2.05, 4.69) is 6.07 Å². The predicted octanol–water partition coefficient (Wildman–Crippen LogP) is 1.94. The lowest BCUT2D eigenvalue weighted by molar-refractivity contribution is -0.134. The van der Waals surface area contributed by atoms with Crippen molar-refractivity contribution in [2.75, 3.05) is 13.7 Å². The van der Waals surface area contributed by atoms with Crippen LogP contribution in [0.15, 0.2) is 24.3 Å². The fraction of sp³-hybridized carbons (Fsp3) is 0.467. The highest BCUT2D eigenvalue weighted by molar-refractivity contribution is 5.79. The highest BCUT2D eigenvalue weighted by Gasteiger charge is 2.30. The summed E-state index contributed by atoms with van der Waals surface area (Å²) in [6.07, 6.45) is 0.964. The van der Waals surface area contributed by atoms with Crippen LogP contribution in [0.3, 0.4) is 0 Å². The van der Waals surface area contributed by atoms with Gasteiger partial charge in [0.2, 0.25) is 5.91 Å². The number of amides is 1. The van der Waals surface area contributed by atoms with Gasteiger partial charge in [-0.2, -0.15) is 5.26 Å². The summed E-state index contributed by atoms with van der Waals surface area (Å²) in [5.41, 5.74) is 1.60. The molecule has 1 aromatic rings. The number of nitrogens with zero attached hydrogens (tertiary/aromatic N) is 2. The second kappa shape index (κ2) is 5.85. The number of nitriles is 1. The fourth-order valence-corrected chi connectivity index (χ4v) is 2.39. The molecule has 0 saturated carbocycles. The summed E-state index contributed by atoms with van der Waals surface area (Å²) in [4.78, 5) is 13.9. The van der Waals surface area contributed by atoms with E-state index in [0.29, 0.717) is 18.7 Å². The van der Waals surface area contributed by atoms with Crippen LogP contribution in [0.2, 0.25) is 0 Å². The first-order valence-electron chi connectivity index (χ1n) is 6.45. The third kappa shape index (κ3) is 3.33. The van der Waals surface area contributed by atoms with Crippen LogP contribution in [0.5, 0.6) is 0 Å². The number of rotatable bonds is 3. The quantitative estimate of drug-likeness (QED) is 0.832. The Kier molecular flexibility index (Phi) is 4.18. The third-order valence-electron chi connectivity index (χ3n) is 3.40. The van der Waals surface area contributed by atoms with E-state index < -0.39 is 0 Å². The lowest BCUT2D eigenvalue weighted by Crippen LogP contribution is -2.32. The summed E-state index contributed by atoms with van der Waals surface area (Å²) in [7, 11) is 1.80. The molecule has 0 aromatic heterocycles. The number of benzene rings is 1. The highest BCUT2D eigenvalue weighted by Crippen LogP contribution is 2.21. The molecule has 0 radical (unpaired) electrons. The molecule has 1 amide bonds. The van der Waals surface area contributed by atoms with Crippen LogP contribution < -0.4 is 0 Å². The molecule has 1 heterocycles. The average molecular weight is 258 g/mol. The predicted molar refractivity (Wildman–Crippen MR) is 71.2 cm³/mol. The highest BCUT2D eigenvalue weighted by atomic mass is 16.5. The van der Waals surface area contributed by atoms with Gasteiger partial charge in [0.05, 0.1) is 30.3 Å². The molecule has 1 fully saturated rings. The van der Waals surface area contributed by atoms with Crippen LogP contribution >= 0.6 is 0 Å². The van der Waals surface area contributed by atoms with Crippen molar-refractivity contribution in [2.45, 2.75) is 26.0 Å². The molecule has 4 heteroatoms. The van der Waals surface area contributed by atoms with Gasteiger partial charge in [-0.05, 0) is 31.0 Å². The Bertz CT molecular complexity index is 507. The maximum Gasteiger partial charge on any atom is 0.228 e. The van der Waals surface area contributed by atoms with Gasteiger partial charge in [-0.3, -0.25) is 4.79 Å². The molecule has 0 aliphatic carbocycles. The first-order valence-corrected chi connectivity index (χ1v) is 6.45. The van der Waals surface area contributed by atoms with Gasteiger partial charge in [-0.15, -0.1) is 0 Å². The lowest BCUT2D eigenvalue weighted by atomic mass is 10.0. The normalized spacial score (nSPS) is 21.9. The largest absolute Gasteiger partial charge is 0.378 e. The summed E-state index contributed by atoms with van der Waals surface area (Å²) < 4.78 is 5.43. The van der Waals surface area contributed by atoms with Crippen LogP contribution in [0.4, 0.5) is 0 Å². The number of carbonyl (C=O) groups is 1. The van der Waals surface area contributed by atoms with Crippen LogP contribution in [0, 0.1) is 17.2 Å². The molecule has 2 rings (SSSR count). The van der Waals surface area contributed by atoms with Gasteiger partial charge in [0.1, 0.15) is 0 Å². The molecule has 100 valence electrons. The summed E-state index contributed by atoms with van der Waals surface area (Å²) in [6.45, 7) is 3.03. The van der Waals surface area contributed by atoms with Crippen molar-refractivity contribution < 1.29 is 9.53 Å². The van der Waals surface area contributed by atoms with Gasteiger partial charge in [0.25, 0.3) is 0 Å². The Labute approximate surface area is 113 Å². The Morgan fingerprint density at radius 3 is 3.00 bits per heavy atom. The molecular weight excluding hydrogens is 240 g/mol. The molecular formula is C15H18N2O2. The van der Waals surface area contributed by atoms with Gasteiger partial charge in [0.15, 0.2) is 0 Å². The van der Waals surface area contributed by atoms with Crippen LogP contribution in [0.25, 0.3) is 0 Å². The zero-order chi connectivity index (χ0) is 13.8. The fourth-order valence-electron chi connectivity index (χ4n) is 2.39. The van der Waals surface area contributed by atoms with Gasteiger partial charge >= 0.3 is 0 Å². The molecule has 1 aliphatic heterocycles. The first-order chi connectivity index (χ1) is 9.10. The van der Waals surface area contributed by atoms with Crippen molar-refractivity contribution in [3.63, 3.8) is 0 Å². The number of carbonyl (C=O) groups excluding carboxylic acids is 1. The second-order valence-corrected chi connectivity index (χ2v) is 5.08. The molecule has 1 aliphatic rings. The van der Waals surface area contributed by atoms with Gasteiger partial charge < -0.3 is 9.64 Å². The number of hydrogen-bond donors (Lipinski definition) is 0. The molecule has 19 heavy (non-hydrogen) atoms. The molecule has 1 saturated heterocycles. The van der Waals surface area contributed by atoms with Crippen LogP contribution in [-0.4, -0.2) is 30.6 Å². The monoisotopic (exact) mass is 258 g/mol. The summed E-state index contributed by atoms with van der Waals surface area (Å²) in [5, 5.41) is 8.86. The summed E-state index contributed by atoms with van der Waals surface area (Å²) in [6, 6.07) is 9.46.